The van der Waals surface area contributed by atoms with Crippen LogP contribution in [0, 0.1) is 0 Å². The molecule has 5 aliphatic carbocycles. The van der Waals surface area contributed by atoms with Gasteiger partial charge < -0.3 is 0 Å². The number of rotatable bonds is 0. The van der Waals surface area contributed by atoms with Crippen molar-refractivity contribution in [3.8, 4) is 0 Å². The Morgan fingerprint density at radius 3 is 2.47 bits per heavy atom. The Morgan fingerprint density at radius 1 is 0.647 bits per heavy atom. The SMILES string of the molecule is C1=CC2=C(C1)CC1=C2CC2=C1CC1=C2CC=C1. The summed E-state index contributed by atoms with van der Waals surface area (Å²) in [7, 11) is 0. The monoisotopic (exact) mass is 218 g/mol. The van der Waals surface area contributed by atoms with Crippen LogP contribution in [0.4, 0.5) is 0 Å². The second kappa shape index (κ2) is 2.64. The first-order chi connectivity index (χ1) is 8.42. The predicted molar refractivity (Wildman–Crippen MR) is 69.5 cm³/mol. The minimum Gasteiger partial charge on any atom is -0.0798 e. The molecule has 0 aromatic carbocycles. The van der Waals surface area contributed by atoms with E-state index < -0.39 is 0 Å². The summed E-state index contributed by atoms with van der Waals surface area (Å²) in [5.41, 5.74) is 13.3. The average Bonchev–Trinajstić information content (AvgIpc) is 2.99. The van der Waals surface area contributed by atoms with Crippen LogP contribution in [-0.2, 0) is 0 Å². The van der Waals surface area contributed by atoms with E-state index in [-0.39, 0.29) is 0 Å². The van der Waals surface area contributed by atoms with Crippen molar-refractivity contribution in [1.29, 1.82) is 0 Å². The van der Waals surface area contributed by atoms with Crippen LogP contribution < -0.4 is 0 Å². The Labute approximate surface area is 101 Å². The zero-order chi connectivity index (χ0) is 11.0. The molecule has 0 atom stereocenters. The molecule has 0 nitrogen and oxygen atoms in total. The first kappa shape index (κ1) is 8.52. The highest BCUT2D eigenvalue weighted by molar-refractivity contribution is 5.73. The minimum absolute atomic E-state index is 1.19. The van der Waals surface area contributed by atoms with E-state index in [0.717, 1.165) is 0 Å². The van der Waals surface area contributed by atoms with Gasteiger partial charge in [0.25, 0.3) is 0 Å². The molecule has 82 valence electrons. The maximum absolute atomic E-state index is 2.36. The van der Waals surface area contributed by atoms with E-state index in [1.807, 2.05) is 0 Å². The molecule has 0 aliphatic heterocycles. The highest BCUT2D eigenvalue weighted by Gasteiger charge is 2.37. The van der Waals surface area contributed by atoms with Gasteiger partial charge in [0, 0.05) is 0 Å². The Hall–Kier alpha value is -1.56. The lowest BCUT2D eigenvalue weighted by molar-refractivity contribution is 1.06. The molecule has 0 N–H and O–H groups in total. The van der Waals surface area contributed by atoms with Gasteiger partial charge in [-0.25, -0.2) is 0 Å². The number of hydrogen-bond donors (Lipinski definition) is 0. The first-order valence-electron chi connectivity index (χ1n) is 6.64. The molecule has 0 heterocycles. The summed E-state index contributed by atoms with van der Waals surface area (Å²) >= 11 is 0. The normalized spacial score (nSPS) is 27.8. The maximum Gasteiger partial charge on any atom is -0.00110 e. The molecule has 5 rings (SSSR count). The van der Waals surface area contributed by atoms with E-state index in [1.165, 1.54) is 32.1 Å². The van der Waals surface area contributed by atoms with Crippen molar-refractivity contribution in [2.24, 2.45) is 0 Å². The third-order valence-corrected chi connectivity index (χ3v) is 4.95. The van der Waals surface area contributed by atoms with E-state index in [0.29, 0.717) is 0 Å². The van der Waals surface area contributed by atoms with Gasteiger partial charge in [-0.2, -0.15) is 0 Å². The zero-order valence-electron chi connectivity index (χ0n) is 9.84. The van der Waals surface area contributed by atoms with Gasteiger partial charge in [0.05, 0.1) is 0 Å². The van der Waals surface area contributed by atoms with Gasteiger partial charge in [-0.05, 0) is 71.1 Å². The first-order valence-corrected chi connectivity index (χ1v) is 6.64. The molecule has 17 heavy (non-hydrogen) atoms. The van der Waals surface area contributed by atoms with Crippen molar-refractivity contribution in [1.82, 2.24) is 0 Å². The molecular formula is C17H14. The lowest BCUT2D eigenvalue weighted by Gasteiger charge is -2.06. The quantitative estimate of drug-likeness (QED) is 0.568. The maximum atomic E-state index is 2.36. The molecule has 0 saturated heterocycles. The number of fused-ring (bicyclic) bond motifs is 3. The summed E-state index contributed by atoms with van der Waals surface area (Å²) in [4.78, 5) is 0. The third-order valence-electron chi connectivity index (χ3n) is 4.95. The second-order valence-corrected chi connectivity index (χ2v) is 5.68. The molecule has 0 heteroatoms. The van der Waals surface area contributed by atoms with Crippen molar-refractivity contribution < 1.29 is 0 Å². The van der Waals surface area contributed by atoms with Crippen LogP contribution in [0.25, 0.3) is 0 Å². The topological polar surface area (TPSA) is 0 Å². The van der Waals surface area contributed by atoms with E-state index in [2.05, 4.69) is 24.3 Å². The highest BCUT2D eigenvalue weighted by atomic mass is 14.4. The molecule has 0 saturated carbocycles. The predicted octanol–water partition coefficient (Wildman–Crippen LogP) is 4.30. The van der Waals surface area contributed by atoms with E-state index in [4.69, 9.17) is 0 Å². The lowest BCUT2D eigenvalue weighted by atomic mass is 9.98. The minimum atomic E-state index is 1.19. The zero-order valence-corrected chi connectivity index (χ0v) is 9.84. The molecule has 0 aromatic rings. The Bertz CT molecular complexity index is 654. The van der Waals surface area contributed by atoms with Crippen LogP contribution in [0.15, 0.2) is 68.9 Å². The number of hydrogen-bond acceptors (Lipinski definition) is 0. The van der Waals surface area contributed by atoms with Gasteiger partial charge in [-0.15, -0.1) is 0 Å². The molecule has 0 radical (unpaired) electrons. The molecule has 0 bridgehead atoms. The molecule has 0 aromatic heterocycles. The van der Waals surface area contributed by atoms with Gasteiger partial charge in [0.2, 0.25) is 0 Å². The fourth-order valence-electron chi connectivity index (χ4n) is 4.19. The van der Waals surface area contributed by atoms with Gasteiger partial charge in [-0.3, -0.25) is 0 Å². The molecule has 0 unspecified atom stereocenters. The van der Waals surface area contributed by atoms with E-state index in [9.17, 15) is 0 Å². The molecule has 0 amide bonds. The summed E-state index contributed by atoms with van der Waals surface area (Å²) in [5, 5.41) is 0. The highest BCUT2D eigenvalue weighted by Crippen LogP contribution is 2.56. The molecule has 0 spiro atoms. The average molecular weight is 218 g/mol. The smallest absolute Gasteiger partial charge is 0.00110 e. The summed E-state index contributed by atoms with van der Waals surface area (Å²) in [6, 6.07) is 0. The van der Waals surface area contributed by atoms with Crippen LogP contribution in [0.2, 0.25) is 0 Å². The van der Waals surface area contributed by atoms with Crippen molar-refractivity contribution in [2.45, 2.75) is 32.1 Å². The Morgan fingerprint density at radius 2 is 1.47 bits per heavy atom. The van der Waals surface area contributed by atoms with Crippen molar-refractivity contribution in [2.75, 3.05) is 0 Å². The van der Waals surface area contributed by atoms with Crippen molar-refractivity contribution in [3.05, 3.63) is 68.9 Å². The van der Waals surface area contributed by atoms with Gasteiger partial charge in [0.1, 0.15) is 0 Å². The van der Waals surface area contributed by atoms with Gasteiger partial charge in [-0.1, -0.05) is 29.9 Å². The second-order valence-electron chi connectivity index (χ2n) is 5.68. The Balaban J connectivity index is 1.59. The van der Waals surface area contributed by atoms with Gasteiger partial charge in [0.15, 0.2) is 0 Å². The fourth-order valence-corrected chi connectivity index (χ4v) is 4.19. The van der Waals surface area contributed by atoms with Crippen LogP contribution >= 0.6 is 0 Å². The largest absolute Gasteiger partial charge is 0.0798 e. The lowest BCUT2D eigenvalue weighted by Crippen LogP contribution is -1.88. The Kier molecular flexibility index (Phi) is 1.32. The summed E-state index contributed by atoms with van der Waals surface area (Å²) in [5.74, 6) is 0. The van der Waals surface area contributed by atoms with Gasteiger partial charge >= 0.3 is 0 Å². The molecule has 0 fully saturated rings. The van der Waals surface area contributed by atoms with Crippen molar-refractivity contribution in [3.63, 3.8) is 0 Å². The van der Waals surface area contributed by atoms with E-state index >= 15 is 0 Å². The van der Waals surface area contributed by atoms with Crippen LogP contribution in [0.5, 0.6) is 0 Å². The number of allylic oxidation sites excluding steroid dienone is 12. The summed E-state index contributed by atoms with van der Waals surface area (Å²) < 4.78 is 0. The summed E-state index contributed by atoms with van der Waals surface area (Å²) in [6.07, 6.45) is 15.5. The van der Waals surface area contributed by atoms with Crippen molar-refractivity contribution >= 4 is 0 Å². The summed E-state index contributed by atoms with van der Waals surface area (Å²) in [6.45, 7) is 0. The van der Waals surface area contributed by atoms with Crippen LogP contribution in [0.3, 0.4) is 0 Å². The third kappa shape index (κ3) is 0.878. The van der Waals surface area contributed by atoms with Crippen LogP contribution in [-0.4, -0.2) is 0 Å². The fraction of sp³-hybridized carbons (Fsp3) is 0.294. The standard InChI is InChI=1S/C17H14/c1-3-10-7-14-15-8-11-4-2-6-13(11)17(15)9-16(14)12(10)5-1/h1-3,6H,4-5,7-9H2. The molecule has 5 aliphatic rings. The molecular weight excluding hydrogens is 204 g/mol. The van der Waals surface area contributed by atoms with E-state index in [1.54, 1.807) is 44.6 Å². The van der Waals surface area contributed by atoms with Crippen LogP contribution in [0.1, 0.15) is 32.1 Å².